The maximum Gasteiger partial charge on any atom is 0.412 e. The lowest BCUT2D eigenvalue weighted by Crippen LogP contribution is -2.35. The van der Waals surface area contributed by atoms with Gasteiger partial charge in [0.05, 0.1) is 0 Å². The fraction of sp³-hybridized carbons (Fsp3) is 0.364. The van der Waals surface area contributed by atoms with Gasteiger partial charge in [-0.2, -0.15) is 0 Å². The summed E-state index contributed by atoms with van der Waals surface area (Å²) in [6.07, 6.45) is -0.911. The lowest BCUT2D eigenvalue weighted by Gasteiger charge is -2.23. The van der Waals surface area contributed by atoms with E-state index < -0.39 is 6.09 Å². The Labute approximate surface area is 84.0 Å². The number of hydrogen-bond acceptors (Lipinski definition) is 1. The van der Waals surface area contributed by atoms with Crippen LogP contribution in [0.5, 0.6) is 0 Å². The van der Waals surface area contributed by atoms with E-state index in [1.165, 1.54) is 4.90 Å². The SMILES string of the molecule is Cc1cccc(N(C(=O)O)C(C)C)c1. The molecule has 14 heavy (non-hydrogen) atoms. The number of carboxylic acid groups (broad SMARTS) is 1. The number of benzene rings is 1. The predicted octanol–water partition coefficient (Wildman–Crippen LogP) is 2.89. The highest BCUT2D eigenvalue weighted by molar-refractivity contribution is 5.86. The summed E-state index contributed by atoms with van der Waals surface area (Å²) in [4.78, 5) is 12.3. The zero-order chi connectivity index (χ0) is 10.7. The summed E-state index contributed by atoms with van der Waals surface area (Å²) >= 11 is 0. The van der Waals surface area contributed by atoms with Gasteiger partial charge < -0.3 is 5.11 Å². The molecule has 0 spiro atoms. The van der Waals surface area contributed by atoms with Gasteiger partial charge in [-0.1, -0.05) is 12.1 Å². The fourth-order valence-electron chi connectivity index (χ4n) is 1.41. The maximum atomic E-state index is 11.0. The Hall–Kier alpha value is -1.51. The molecule has 1 amide bonds. The first-order chi connectivity index (χ1) is 6.52. The molecule has 0 aromatic heterocycles. The lowest BCUT2D eigenvalue weighted by atomic mass is 10.2. The molecule has 1 aromatic carbocycles. The Morgan fingerprint density at radius 3 is 2.50 bits per heavy atom. The second-order valence-corrected chi connectivity index (χ2v) is 3.59. The Morgan fingerprint density at radius 2 is 2.07 bits per heavy atom. The van der Waals surface area contributed by atoms with Crippen LogP contribution in [0.3, 0.4) is 0 Å². The van der Waals surface area contributed by atoms with Gasteiger partial charge in [-0.05, 0) is 38.5 Å². The van der Waals surface area contributed by atoms with Crippen LogP contribution in [0.25, 0.3) is 0 Å². The third-order valence-corrected chi connectivity index (χ3v) is 2.00. The maximum absolute atomic E-state index is 11.0. The van der Waals surface area contributed by atoms with E-state index in [0.717, 1.165) is 11.3 Å². The summed E-state index contributed by atoms with van der Waals surface area (Å²) in [7, 11) is 0. The van der Waals surface area contributed by atoms with E-state index in [9.17, 15) is 4.79 Å². The van der Waals surface area contributed by atoms with Gasteiger partial charge in [0.25, 0.3) is 0 Å². The molecule has 76 valence electrons. The van der Waals surface area contributed by atoms with Gasteiger partial charge in [-0.15, -0.1) is 0 Å². The normalized spacial score (nSPS) is 10.3. The Bertz CT molecular complexity index is 334. The van der Waals surface area contributed by atoms with Crippen molar-refractivity contribution in [2.45, 2.75) is 26.8 Å². The highest BCUT2D eigenvalue weighted by Gasteiger charge is 2.17. The predicted molar refractivity (Wildman–Crippen MR) is 56.8 cm³/mol. The third kappa shape index (κ3) is 2.25. The average molecular weight is 193 g/mol. The van der Waals surface area contributed by atoms with Crippen molar-refractivity contribution >= 4 is 11.8 Å². The van der Waals surface area contributed by atoms with Crippen molar-refractivity contribution in [3.8, 4) is 0 Å². The Kier molecular flexibility index (Phi) is 3.12. The Balaban J connectivity index is 3.05. The molecule has 1 rings (SSSR count). The second kappa shape index (κ2) is 4.13. The summed E-state index contributed by atoms with van der Waals surface area (Å²) in [5.74, 6) is 0. The molecule has 1 N–H and O–H groups in total. The molecule has 0 aliphatic rings. The van der Waals surface area contributed by atoms with E-state index >= 15 is 0 Å². The van der Waals surface area contributed by atoms with Crippen LogP contribution in [0.4, 0.5) is 10.5 Å². The molecule has 0 unspecified atom stereocenters. The summed E-state index contributed by atoms with van der Waals surface area (Å²) < 4.78 is 0. The van der Waals surface area contributed by atoms with Crippen LogP contribution >= 0.6 is 0 Å². The van der Waals surface area contributed by atoms with Crippen molar-refractivity contribution < 1.29 is 9.90 Å². The number of amides is 1. The van der Waals surface area contributed by atoms with E-state index in [0.29, 0.717) is 0 Å². The largest absolute Gasteiger partial charge is 0.465 e. The minimum absolute atomic E-state index is 0.0469. The molecular weight excluding hydrogens is 178 g/mol. The van der Waals surface area contributed by atoms with Crippen LogP contribution < -0.4 is 4.90 Å². The molecule has 0 saturated carbocycles. The number of hydrogen-bond donors (Lipinski definition) is 1. The highest BCUT2D eigenvalue weighted by atomic mass is 16.4. The van der Waals surface area contributed by atoms with Gasteiger partial charge in [-0.3, -0.25) is 4.90 Å². The minimum atomic E-state index is -0.911. The quantitative estimate of drug-likeness (QED) is 0.784. The number of aryl methyl sites for hydroxylation is 1. The van der Waals surface area contributed by atoms with Crippen LogP contribution in [-0.2, 0) is 0 Å². The molecule has 0 radical (unpaired) electrons. The van der Waals surface area contributed by atoms with Gasteiger partial charge >= 0.3 is 6.09 Å². The van der Waals surface area contributed by atoms with Crippen molar-refractivity contribution in [3.05, 3.63) is 29.8 Å². The smallest absolute Gasteiger partial charge is 0.412 e. The van der Waals surface area contributed by atoms with Gasteiger partial charge in [0.2, 0.25) is 0 Å². The number of carbonyl (C=O) groups is 1. The zero-order valence-corrected chi connectivity index (χ0v) is 8.69. The molecule has 3 nitrogen and oxygen atoms in total. The van der Waals surface area contributed by atoms with Crippen molar-refractivity contribution in [2.24, 2.45) is 0 Å². The first-order valence-corrected chi connectivity index (χ1v) is 4.61. The van der Waals surface area contributed by atoms with E-state index in [2.05, 4.69) is 0 Å². The van der Waals surface area contributed by atoms with Crippen LogP contribution in [-0.4, -0.2) is 17.2 Å². The summed E-state index contributed by atoms with van der Waals surface area (Å²) in [5, 5.41) is 9.01. The third-order valence-electron chi connectivity index (χ3n) is 2.00. The van der Waals surface area contributed by atoms with E-state index in [-0.39, 0.29) is 6.04 Å². The van der Waals surface area contributed by atoms with Gasteiger partial charge in [0.1, 0.15) is 0 Å². The van der Waals surface area contributed by atoms with Gasteiger partial charge in [0, 0.05) is 11.7 Å². The van der Waals surface area contributed by atoms with Crippen LogP contribution in [0.1, 0.15) is 19.4 Å². The molecule has 0 aliphatic heterocycles. The monoisotopic (exact) mass is 193 g/mol. The summed E-state index contributed by atoms with van der Waals surface area (Å²) in [6.45, 7) is 5.66. The molecule has 0 aliphatic carbocycles. The first-order valence-electron chi connectivity index (χ1n) is 4.61. The van der Waals surface area contributed by atoms with Crippen molar-refractivity contribution in [3.63, 3.8) is 0 Å². The minimum Gasteiger partial charge on any atom is -0.465 e. The summed E-state index contributed by atoms with van der Waals surface area (Å²) in [5.41, 5.74) is 1.79. The van der Waals surface area contributed by atoms with E-state index in [1.54, 1.807) is 6.07 Å². The van der Waals surface area contributed by atoms with Gasteiger partial charge in [0.15, 0.2) is 0 Å². The average Bonchev–Trinajstić information content (AvgIpc) is 2.02. The molecule has 1 aromatic rings. The summed E-state index contributed by atoms with van der Waals surface area (Å²) in [6, 6.07) is 7.44. The van der Waals surface area contributed by atoms with Crippen molar-refractivity contribution in [1.29, 1.82) is 0 Å². The molecular formula is C11H15NO2. The molecule has 0 heterocycles. The van der Waals surface area contributed by atoms with Crippen LogP contribution in [0, 0.1) is 6.92 Å². The van der Waals surface area contributed by atoms with Gasteiger partial charge in [-0.25, -0.2) is 4.79 Å². The van der Waals surface area contributed by atoms with Crippen molar-refractivity contribution in [1.82, 2.24) is 0 Å². The standard InChI is InChI=1S/C11H15NO2/c1-8(2)12(11(13)14)10-6-4-5-9(3)7-10/h4-8H,1-3H3,(H,13,14). The Morgan fingerprint density at radius 1 is 1.43 bits per heavy atom. The van der Waals surface area contributed by atoms with Crippen LogP contribution in [0.15, 0.2) is 24.3 Å². The molecule has 3 heteroatoms. The van der Waals surface area contributed by atoms with E-state index in [1.807, 2.05) is 39.0 Å². The van der Waals surface area contributed by atoms with Crippen molar-refractivity contribution in [2.75, 3.05) is 4.90 Å². The zero-order valence-electron chi connectivity index (χ0n) is 8.69. The van der Waals surface area contributed by atoms with Crippen LogP contribution in [0.2, 0.25) is 0 Å². The molecule has 0 saturated heterocycles. The highest BCUT2D eigenvalue weighted by Crippen LogP contribution is 2.18. The number of anilines is 1. The fourth-order valence-corrected chi connectivity index (χ4v) is 1.41. The number of rotatable bonds is 2. The molecule has 0 fully saturated rings. The molecule has 0 atom stereocenters. The number of nitrogens with zero attached hydrogens (tertiary/aromatic N) is 1. The first kappa shape index (κ1) is 10.6. The second-order valence-electron chi connectivity index (χ2n) is 3.59. The molecule has 0 bridgehead atoms. The lowest BCUT2D eigenvalue weighted by molar-refractivity contribution is 0.200. The van der Waals surface area contributed by atoms with E-state index in [4.69, 9.17) is 5.11 Å². The topological polar surface area (TPSA) is 40.5 Å².